The van der Waals surface area contributed by atoms with Gasteiger partial charge in [0, 0.05) is 21.0 Å². The van der Waals surface area contributed by atoms with Gasteiger partial charge in [0.1, 0.15) is 0 Å². The fraction of sp³-hybridized carbons (Fsp3) is 0.400. The van der Waals surface area contributed by atoms with Gasteiger partial charge < -0.3 is 15.2 Å². The average Bonchev–Trinajstić information content (AvgIpc) is 2.46. The molecule has 1 heterocycles. The maximum atomic E-state index is 10.6. The highest BCUT2D eigenvalue weighted by molar-refractivity contribution is 9.10. The summed E-state index contributed by atoms with van der Waals surface area (Å²) in [6.45, 7) is 1.34. The first-order valence-corrected chi connectivity index (χ1v) is 4.22. The first-order chi connectivity index (χ1) is 6.43. The van der Waals surface area contributed by atoms with Crippen molar-refractivity contribution in [3.8, 4) is 0 Å². The fourth-order valence-electron chi connectivity index (χ4n) is 0.722. The lowest BCUT2D eigenvalue weighted by molar-refractivity contribution is -0.394. The highest BCUT2D eigenvalue weighted by Crippen LogP contribution is 2.17. The molecule has 8 nitrogen and oxygen atoms in total. The molecule has 0 fully saturated rings. The molecule has 0 radical (unpaired) electrons. The van der Waals surface area contributed by atoms with Crippen molar-refractivity contribution in [1.82, 2.24) is 14.8 Å². The van der Waals surface area contributed by atoms with E-state index in [4.69, 9.17) is 5.11 Å². The number of halogens is 1. The number of carbonyl (C=O) groups is 1. The molecule has 0 saturated heterocycles. The van der Waals surface area contributed by atoms with Gasteiger partial charge in [-0.2, -0.15) is 0 Å². The van der Waals surface area contributed by atoms with E-state index in [1.165, 1.54) is 6.92 Å². The summed E-state index contributed by atoms with van der Waals surface area (Å²) in [5.41, 5.74) is 0. The highest BCUT2D eigenvalue weighted by atomic mass is 79.9. The number of nitro groups is 1. The van der Waals surface area contributed by atoms with Gasteiger partial charge in [-0.1, -0.05) is 0 Å². The number of aliphatic carboxylic acids is 1. The van der Waals surface area contributed by atoms with Gasteiger partial charge in [0.15, 0.2) is 6.04 Å². The van der Waals surface area contributed by atoms with Crippen LogP contribution in [0.2, 0.25) is 0 Å². The largest absolute Gasteiger partial charge is 0.492 e. The molecule has 0 aromatic carbocycles. The Balaban J connectivity index is 3.10. The first-order valence-electron chi connectivity index (χ1n) is 3.42. The minimum absolute atomic E-state index is 0.0131. The topological polar surface area (TPSA) is 111 Å². The Morgan fingerprint density at radius 2 is 2.36 bits per heavy atom. The summed E-state index contributed by atoms with van der Waals surface area (Å²) in [5.74, 6) is -1.78. The molecule has 1 aromatic rings. The number of carboxylic acid groups (broad SMARTS) is 1. The fourth-order valence-corrected chi connectivity index (χ4v) is 1.27. The Hall–Kier alpha value is -1.51. The van der Waals surface area contributed by atoms with Crippen LogP contribution in [-0.4, -0.2) is 30.8 Å². The lowest BCUT2D eigenvalue weighted by Gasteiger charge is -2.01. The molecule has 0 saturated carbocycles. The molecule has 1 rings (SSSR count). The smallest absolute Gasteiger partial charge is 0.480 e. The Morgan fingerprint density at radius 1 is 1.79 bits per heavy atom. The van der Waals surface area contributed by atoms with E-state index in [1.54, 1.807) is 0 Å². The van der Waals surface area contributed by atoms with Crippen LogP contribution in [-0.2, 0) is 4.79 Å². The zero-order valence-electron chi connectivity index (χ0n) is 6.92. The molecule has 0 aliphatic heterocycles. The zero-order chi connectivity index (χ0) is 10.9. The molecule has 0 amide bonds. The third-order valence-corrected chi connectivity index (χ3v) is 2.01. The lowest BCUT2D eigenvalue weighted by Crippen LogP contribution is -2.17. The normalized spacial score (nSPS) is 12.4. The maximum absolute atomic E-state index is 10.6. The molecule has 9 heteroatoms. The summed E-state index contributed by atoms with van der Waals surface area (Å²) in [6, 6.07) is -1.01. The number of hydrogen-bond acceptors (Lipinski definition) is 5. The molecular weight excluding hydrogens is 260 g/mol. The molecule has 14 heavy (non-hydrogen) atoms. The van der Waals surface area contributed by atoms with E-state index in [1.807, 2.05) is 0 Å². The van der Waals surface area contributed by atoms with Crippen molar-refractivity contribution in [2.24, 2.45) is 0 Å². The molecule has 1 N–H and O–H groups in total. The van der Waals surface area contributed by atoms with Gasteiger partial charge in [0.05, 0.1) is 0 Å². The van der Waals surface area contributed by atoms with Gasteiger partial charge in [-0.05, 0) is 16.8 Å². The Bertz CT molecular complexity index is 389. The standard InChI is InChI=1S/C5H5BrN4O4/c1-2(3(11)12)9-4(6)7-5(8-9)10(13)14/h2H,1H3,(H,11,12). The Kier molecular flexibility index (Phi) is 2.79. The van der Waals surface area contributed by atoms with Crippen LogP contribution < -0.4 is 0 Å². The van der Waals surface area contributed by atoms with E-state index in [-0.39, 0.29) is 4.73 Å². The molecule has 0 aliphatic carbocycles. The van der Waals surface area contributed by atoms with Crippen molar-refractivity contribution in [2.75, 3.05) is 0 Å². The Morgan fingerprint density at radius 3 is 2.71 bits per heavy atom. The van der Waals surface area contributed by atoms with Crippen molar-refractivity contribution in [3.63, 3.8) is 0 Å². The second kappa shape index (κ2) is 3.70. The predicted molar refractivity (Wildman–Crippen MR) is 46.7 cm³/mol. The maximum Gasteiger partial charge on any atom is 0.492 e. The lowest BCUT2D eigenvalue weighted by atomic mass is 10.4. The minimum Gasteiger partial charge on any atom is -0.480 e. The van der Waals surface area contributed by atoms with Gasteiger partial charge in [-0.3, -0.25) is 0 Å². The van der Waals surface area contributed by atoms with Gasteiger partial charge in [-0.15, -0.1) is 4.68 Å². The molecule has 0 aliphatic rings. The van der Waals surface area contributed by atoms with E-state index >= 15 is 0 Å². The monoisotopic (exact) mass is 264 g/mol. The Labute approximate surface area is 85.8 Å². The molecule has 1 aromatic heterocycles. The number of rotatable bonds is 3. The van der Waals surface area contributed by atoms with E-state index in [9.17, 15) is 14.9 Å². The molecule has 0 bridgehead atoms. The second-order valence-corrected chi connectivity index (χ2v) is 3.11. The van der Waals surface area contributed by atoms with E-state index in [2.05, 4.69) is 26.0 Å². The third kappa shape index (κ3) is 1.87. The van der Waals surface area contributed by atoms with Crippen molar-refractivity contribution in [3.05, 3.63) is 14.8 Å². The summed E-state index contributed by atoms with van der Waals surface area (Å²) in [7, 11) is 0. The van der Waals surface area contributed by atoms with Crippen LogP contribution in [0.15, 0.2) is 4.73 Å². The number of carboxylic acids is 1. The first kappa shape index (κ1) is 10.6. The average molecular weight is 265 g/mol. The summed E-state index contributed by atoms with van der Waals surface area (Å²) in [5, 5.41) is 22.3. The highest BCUT2D eigenvalue weighted by Gasteiger charge is 2.26. The molecule has 1 atom stereocenters. The van der Waals surface area contributed by atoms with Gasteiger partial charge >= 0.3 is 11.9 Å². The van der Waals surface area contributed by atoms with E-state index in [0.717, 1.165) is 4.68 Å². The summed E-state index contributed by atoms with van der Waals surface area (Å²) >= 11 is 2.88. The summed E-state index contributed by atoms with van der Waals surface area (Å²) in [4.78, 5) is 23.4. The molecule has 76 valence electrons. The predicted octanol–water partition coefficient (Wildman–Crippen LogP) is 0.594. The van der Waals surface area contributed by atoms with Crippen molar-refractivity contribution in [2.45, 2.75) is 13.0 Å². The van der Waals surface area contributed by atoms with Gasteiger partial charge in [0.25, 0.3) is 4.73 Å². The number of aromatic nitrogens is 3. The minimum atomic E-state index is -1.15. The quantitative estimate of drug-likeness (QED) is 0.632. The number of hydrogen-bond donors (Lipinski definition) is 1. The van der Waals surface area contributed by atoms with Crippen LogP contribution in [0, 0.1) is 10.1 Å². The molecule has 0 spiro atoms. The van der Waals surface area contributed by atoms with Crippen LogP contribution in [0.1, 0.15) is 13.0 Å². The van der Waals surface area contributed by atoms with E-state index < -0.39 is 22.9 Å². The van der Waals surface area contributed by atoms with Crippen molar-refractivity contribution >= 4 is 27.8 Å². The van der Waals surface area contributed by atoms with E-state index in [0.29, 0.717) is 0 Å². The van der Waals surface area contributed by atoms with Crippen molar-refractivity contribution < 1.29 is 14.8 Å². The van der Waals surface area contributed by atoms with Crippen LogP contribution >= 0.6 is 15.9 Å². The SMILES string of the molecule is CC(C(=O)O)n1nc([N+](=O)[O-])nc1Br. The summed E-state index contributed by atoms with van der Waals surface area (Å²) < 4.78 is 0.930. The van der Waals surface area contributed by atoms with Crippen molar-refractivity contribution in [1.29, 1.82) is 0 Å². The summed E-state index contributed by atoms with van der Waals surface area (Å²) in [6.07, 6.45) is 0. The van der Waals surface area contributed by atoms with Crippen LogP contribution in [0.4, 0.5) is 5.95 Å². The van der Waals surface area contributed by atoms with Crippen LogP contribution in [0.25, 0.3) is 0 Å². The van der Waals surface area contributed by atoms with Crippen LogP contribution in [0.5, 0.6) is 0 Å². The van der Waals surface area contributed by atoms with Crippen LogP contribution in [0.3, 0.4) is 0 Å². The second-order valence-electron chi connectivity index (χ2n) is 2.40. The molecular formula is C5H5BrN4O4. The third-order valence-electron chi connectivity index (χ3n) is 1.47. The molecule has 1 unspecified atom stereocenters. The zero-order valence-corrected chi connectivity index (χ0v) is 8.50. The van der Waals surface area contributed by atoms with Gasteiger partial charge in [0.2, 0.25) is 0 Å². The number of nitrogens with zero attached hydrogens (tertiary/aromatic N) is 4. The van der Waals surface area contributed by atoms with Gasteiger partial charge in [-0.25, -0.2) is 4.79 Å².